The second-order valence-electron chi connectivity index (χ2n) is 6.27. The van der Waals surface area contributed by atoms with Crippen molar-refractivity contribution in [3.8, 4) is 5.75 Å². The molecule has 1 atom stereocenters. The number of carbonyl (C=O) groups is 1. The van der Waals surface area contributed by atoms with Gasteiger partial charge in [0.15, 0.2) is 5.78 Å². The maximum absolute atomic E-state index is 13.1. The normalized spacial score (nSPS) is 18.2. The first kappa shape index (κ1) is 17.9. The molecule has 0 aliphatic heterocycles. The molecule has 0 aromatic heterocycles. The van der Waals surface area contributed by atoms with Crippen molar-refractivity contribution in [1.82, 2.24) is 0 Å². The molecule has 1 aliphatic rings. The molecular weight excluding hydrogens is 333 g/mol. The molecule has 2 aromatic carbocycles. The zero-order chi connectivity index (χ0) is 18.7. The van der Waals surface area contributed by atoms with E-state index in [2.05, 4.69) is 4.99 Å². The van der Waals surface area contributed by atoms with Crippen molar-refractivity contribution in [3.63, 3.8) is 0 Å². The Morgan fingerprint density at radius 2 is 1.85 bits per heavy atom. The van der Waals surface area contributed by atoms with Gasteiger partial charge < -0.3 is 9.84 Å². The number of aliphatic hydroxyl groups excluding tert-OH is 1. The summed E-state index contributed by atoms with van der Waals surface area (Å²) in [6, 6.07) is 13.3. The molecule has 0 bridgehead atoms. The van der Waals surface area contributed by atoms with Gasteiger partial charge in [0.25, 0.3) is 0 Å². The van der Waals surface area contributed by atoms with Crippen molar-refractivity contribution in [2.75, 3.05) is 7.11 Å². The highest BCUT2D eigenvalue weighted by molar-refractivity contribution is 6.23. The Labute approximate surface area is 151 Å². The summed E-state index contributed by atoms with van der Waals surface area (Å²) in [5, 5.41) is 10.5. The third-order valence-corrected chi connectivity index (χ3v) is 4.52. The highest BCUT2D eigenvalue weighted by Gasteiger charge is 2.30. The van der Waals surface area contributed by atoms with Gasteiger partial charge in [-0.2, -0.15) is 0 Å². The first-order chi connectivity index (χ1) is 12.5. The van der Waals surface area contributed by atoms with E-state index in [9.17, 15) is 14.3 Å². The Hall–Kier alpha value is -2.95. The number of aliphatic imine (C=N–C) groups is 1. The van der Waals surface area contributed by atoms with Crippen LogP contribution in [0.15, 0.2) is 64.9 Å². The van der Waals surface area contributed by atoms with Crippen LogP contribution in [0.5, 0.6) is 5.75 Å². The molecule has 5 heteroatoms. The van der Waals surface area contributed by atoms with E-state index >= 15 is 0 Å². The van der Waals surface area contributed by atoms with Gasteiger partial charge in [-0.25, -0.2) is 9.38 Å². The van der Waals surface area contributed by atoms with Crippen LogP contribution in [0.3, 0.4) is 0 Å². The predicted molar refractivity (Wildman–Crippen MR) is 98.8 cm³/mol. The highest BCUT2D eigenvalue weighted by Crippen LogP contribution is 2.35. The van der Waals surface area contributed by atoms with Gasteiger partial charge in [0.2, 0.25) is 0 Å². The van der Waals surface area contributed by atoms with Crippen LogP contribution in [0.1, 0.15) is 31.2 Å². The minimum atomic E-state index is -0.323. The van der Waals surface area contributed by atoms with E-state index in [1.165, 1.54) is 12.1 Å². The molecule has 134 valence electrons. The predicted octanol–water partition coefficient (Wildman–Crippen LogP) is 4.89. The van der Waals surface area contributed by atoms with Gasteiger partial charge in [-0.3, -0.25) is 4.79 Å². The van der Waals surface area contributed by atoms with Crippen molar-refractivity contribution in [1.29, 1.82) is 0 Å². The van der Waals surface area contributed by atoms with E-state index in [1.807, 2.05) is 12.1 Å². The average Bonchev–Trinajstić information content (AvgIpc) is 2.62. The lowest BCUT2D eigenvalue weighted by molar-refractivity contribution is -0.116. The summed E-state index contributed by atoms with van der Waals surface area (Å²) in [6.45, 7) is 1.70. The second-order valence-corrected chi connectivity index (χ2v) is 6.27. The van der Waals surface area contributed by atoms with Crippen molar-refractivity contribution < 1.29 is 19.0 Å². The minimum Gasteiger partial charge on any atom is -0.511 e. The SMILES string of the molecule is COc1ccccc1N=C(C)C1=C(O)CC(c2ccc(F)cc2)CC1=O. The van der Waals surface area contributed by atoms with E-state index in [1.54, 1.807) is 38.3 Å². The van der Waals surface area contributed by atoms with Crippen molar-refractivity contribution in [2.24, 2.45) is 4.99 Å². The molecule has 2 aromatic rings. The van der Waals surface area contributed by atoms with Gasteiger partial charge in [0, 0.05) is 12.8 Å². The Balaban J connectivity index is 1.90. The topological polar surface area (TPSA) is 58.9 Å². The van der Waals surface area contributed by atoms with Gasteiger partial charge in [-0.15, -0.1) is 0 Å². The zero-order valence-corrected chi connectivity index (χ0v) is 14.7. The minimum absolute atomic E-state index is 0.0201. The molecule has 0 fully saturated rings. The summed E-state index contributed by atoms with van der Waals surface area (Å²) >= 11 is 0. The lowest BCUT2D eigenvalue weighted by Crippen LogP contribution is -2.22. The molecule has 0 amide bonds. The lowest BCUT2D eigenvalue weighted by atomic mass is 9.81. The molecule has 0 spiro atoms. The van der Waals surface area contributed by atoms with Crippen LogP contribution in [0, 0.1) is 5.82 Å². The number of hydrogen-bond acceptors (Lipinski definition) is 4. The number of carbonyl (C=O) groups excluding carboxylic acids is 1. The van der Waals surface area contributed by atoms with E-state index in [-0.39, 0.29) is 35.3 Å². The Bertz CT molecular complexity index is 884. The average molecular weight is 353 g/mol. The number of nitrogens with zero attached hydrogens (tertiary/aromatic N) is 1. The number of aliphatic hydroxyl groups is 1. The molecular formula is C21H20FNO3. The zero-order valence-electron chi connectivity index (χ0n) is 14.7. The molecule has 0 saturated heterocycles. The van der Waals surface area contributed by atoms with Gasteiger partial charge in [0.05, 0.1) is 18.4 Å². The summed E-state index contributed by atoms with van der Waals surface area (Å²) in [6.07, 6.45) is 0.579. The Morgan fingerprint density at radius 1 is 1.15 bits per heavy atom. The monoisotopic (exact) mass is 353 g/mol. The third kappa shape index (κ3) is 3.67. The van der Waals surface area contributed by atoms with E-state index in [4.69, 9.17) is 4.74 Å². The number of ketones is 1. The summed E-state index contributed by atoms with van der Waals surface area (Å²) in [4.78, 5) is 17.1. The van der Waals surface area contributed by atoms with E-state index in [0.717, 1.165) is 5.56 Å². The van der Waals surface area contributed by atoms with Gasteiger partial charge in [-0.05, 0) is 42.7 Å². The molecule has 0 saturated carbocycles. The largest absolute Gasteiger partial charge is 0.511 e. The van der Waals surface area contributed by atoms with Crippen LogP contribution < -0.4 is 4.74 Å². The number of ether oxygens (including phenoxy) is 1. The van der Waals surface area contributed by atoms with Crippen molar-refractivity contribution in [3.05, 3.63) is 71.2 Å². The summed E-state index contributed by atoms with van der Waals surface area (Å²) in [5.74, 6) is -0.0348. The summed E-state index contributed by atoms with van der Waals surface area (Å²) in [7, 11) is 1.56. The van der Waals surface area contributed by atoms with E-state index in [0.29, 0.717) is 23.6 Å². The molecule has 0 radical (unpaired) electrons. The lowest BCUT2D eigenvalue weighted by Gasteiger charge is -2.24. The number of methoxy groups -OCH3 is 1. The van der Waals surface area contributed by atoms with Crippen LogP contribution in [0.4, 0.5) is 10.1 Å². The smallest absolute Gasteiger partial charge is 0.168 e. The van der Waals surface area contributed by atoms with Crippen LogP contribution >= 0.6 is 0 Å². The maximum atomic E-state index is 13.1. The molecule has 0 heterocycles. The first-order valence-electron chi connectivity index (χ1n) is 8.39. The standard InChI is InChI=1S/C21H20FNO3/c1-13(23-17-5-3-4-6-20(17)26-2)21-18(24)11-15(12-19(21)25)14-7-9-16(22)10-8-14/h3-10,15,24H,11-12H2,1-2H3. The third-order valence-electron chi connectivity index (χ3n) is 4.52. The highest BCUT2D eigenvalue weighted by atomic mass is 19.1. The summed E-state index contributed by atoms with van der Waals surface area (Å²) < 4.78 is 18.4. The molecule has 4 nitrogen and oxygen atoms in total. The van der Waals surface area contributed by atoms with Gasteiger partial charge in [-0.1, -0.05) is 24.3 Å². The summed E-state index contributed by atoms with van der Waals surface area (Å²) in [5.41, 5.74) is 2.15. The van der Waals surface area contributed by atoms with Crippen molar-refractivity contribution >= 4 is 17.2 Å². The number of hydrogen-bond donors (Lipinski definition) is 1. The fourth-order valence-electron chi connectivity index (χ4n) is 3.23. The fraction of sp³-hybridized carbons (Fsp3) is 0.238. The molecule has 1 N–H and O–H groups in total. The van der Waals surface area contributed by atoms with Gasteiger partial charge >= 0.3 is 0 Å². The Kier molecular flexibility index (Phi) is 5.16. The van der Waals surface area contributed by atoms with Crippen LogP contribution in [-0.4, -0.2) is 23.7 Å². The number of Topliss-reactive ketones (excluding diaryl/α,β-unsaturated/α-hetero) is 1. The van der Waals surface area contributed by atoms with Crippen LogP contribution in [0.2, 0.25) is 0 Å². The molecule has 26 heavy (non-hydrogen) atoms. The molecule has 3 rings (SSSR count). The number of allylic oxidation sites excluding steroid dienone is 2. The molecule has 1 aliphatic carbocycles. The number of benzene rings is 2. The number of halogens is 1. The quantitative estimate of drug-likeness (QED) is 0.797. The van der Waals surface area contributed by atoms with Crippen LogP contribution in [0.25, 0.3) is 0 Å². The Morgan fingerprint density at radius 3 is 2.50 bits per heavy atom. The first-order valence-corrected chi connectivity index (χ1v) is 8.39. The van der Waals surface area contributed by atoms with Gasteiger partial charge in [0.1, 0.15) is 23.0 Å². The second kappa shape index (κ2) is 7.52. The maximum Gasteiger partial charge on any atom is 0.168 e. The van der Waals surface area contributed by atoms with E-state index < -0.39 is 0 Å². The van der Waals surface area contributed by atoms with Crippen LogP contribution in [-0.2, 0) is 4.79 Å². The fourth-order valence-corrected chi connectivity index (χ4v) is 3.23. The number of para-hydroxylation sites is 2. The molecule has 1 unspecified atom stereocenters. The van der Waals surface area contributed by atoms with Crippen molar-refractivity contribution in [2.45, 2.75) is 25.7 Å². The number of rotatable bonds is 4.